The zero-order valence-corrected chi connectivity index (χ0v) is 10.9. The van der Waals surface area contributed by atoms with Crippen molar-refractivity contribution in [2.75, 3.05) is 16.8 Å². The van der Waals surface area contributed by atoms with Crippen LogP contribution in [-0.2, 0) is 9.59 Å². The van der Waals surface area contributed by atoms with E-state index >= 15 is 0 Å². The molecule has 0 aliphatic carbocycles. The number of amides is 1. The van der Waals surface area contributed by atoms with Gasteiger partial charge in [-0.25, -0.2) is 4.98 Å². The third kappa shape index (κ3) is 6.96. The van der Waals surface area contributed by atoms with Crippen molar-refractivity contribution in [3.8, 4) is 0 Å². The fourth-order valence-corrected chi connectivity index (χ4v) is 2.44. The topological polar surface area (TPSA) is 79.3 Å². The molecular weight excluding hydrogens is 260 g/mol. The number of carboxylic acids is 1. The van der Waals surface area contributed by atoms with Crippen LogP contribution in [-0.4, -0.2) is 33.5 Å². The first-order chi connectivity index (χ1) is 8.18. The Labute approximate surface area is 108 Å². The van der Waals surface area contributed by atoms with Gasteiger partial charge in [0.05, 0.1) is 5.75 Å². The number of thioether (sulfide) groups is 1. The van der Waals surface area contributed by atoms with E-state index in [-0.39, 0.29) is 12.3 Å². The van der Waals surface area contributed by atoms with E-state index in [4.69, 9.17) is 5.11 Å². The fraction of sp³-hybridized carbons (Fsp3) is 0.500. The molecule has 1 aromatic heterocycles. The summed E-state index contributed by atoms with van der Waals surface area (Å²) in [4.78, 5) is 25.6. The van der Waals surface area contributed by atoms with E-state index in [0.717, 1.165) is 12.2 Å². The zero-order chi connectivity index (χ0) is 12.5. The van der Waals surface area contributed by atoms with Crippen LogP contribution < -0.4 is 5.32 Å². The first-order valence-electron chi connectivity index (χ1n) is 5.17. The van der Waals surface area contributed by atoms with E-state index < -0.39 is 5.97 Å². The van der Waals surface area contributed by atoms with Crippen LogP contribution in [0.5, 0.6) is 0 Å². The highest BCUT2D eigenvalue weighted by Gasteiger charge is 2.04. The third-order valence-corrected chi connectivity index (χ3v) is 3.57. The average molecular weight is 274 g/mol. The number of aromatic nitrogens is 1. The minimum atomic E-state index is -0.767. The molecular formula is C10H14N2O3S2. The lowest BCUT2D eigenvalue weighted by atomic mass is 10.3. The first-order valence-corrected chi connectivity index (χ1v) is 7.21. The lowest BCUT2D eigenvalue weighted by Crippen LogP contribution is -2.14. The molecule has 0 spiro atoms. The number of unbranched alkanes of at least 4 members (excludes halogenated alkanes) is 1. The Hall–Kier alpha value is -1.08. The van der Waals surface area contributed by atoms with Crippen LogP contribution in [0.15, 0.2) is 11.6 Å². The Kier molecular flexibility index (Phi) is 6.64. The molecule has 2 N–H and O–H groups in total. The van der Waals surface area contributed by atoms with Crippen molar-refractivity contribution >= 4 is 40.1 Å². The van der Waals surface area contributed by atoms with Gasteiger partial charge in [0.2, 0.25) is 5.91 Å². The standard InChI is InChI=1S/C10H14N2O3S2/c13-8(12-10-11-4-6-17-10)7-16-5-2-1-3-9(14)15/h4,6H,1-3,5,7H2,(H,14,15)(H,11,12,13). The maximum Gasteiger partial charge on any atom is 0.303 e. The number of carbonyl (C=O) groups is 2. The summed E-state index contributed by atoms with van der Waals surface area (Å²) >= 11 is 2.89. The zero-order valence-electron chi connectivity index (χ0n) is 9.22. The minimum absolute atomic E-state index is 0.0665. The van der Waals surface area contributed by atoms with E-state index in [1.165, 1.54) is 23.1 Å². The molecule has 1 rings (SSSR count). The average Bonchev–Trinajstić information content (AvgIpc) is 2.75. The van der Waals surface area contributed by atoms with E-state index in [1.807, 2.05) is 0 Å². The van der Waals surface area contributed by atoms with Crippen molar-refractivity contribution in [3.05, 3.63) is 11.6 Å². The van der Waals surface area contributed by atoms with Gasteiger partial charge < -0.3 is 10.4 Å². The summed E-state index contributed by atoms with van der Waals surface area (Å²) in [5, 5.41) is 13.5. The molecule has 0 aliphatic heterocycles. The second kappa shape index (κ2) is 8.08. The first kappa shape index (κ1) is 14.0. The second-order valence-electron chi connectivity index (χ2n) is 3.29. The quantitative estimate of drug-likeness (QED) is 0.709. The molecule has 0 saturated heterocycles. The largest absolute Gasteiger partial charge is 0.481 e. The van der Waals surface area contributed by atoms with Crippen LogP contribution in [0.3, 0.4) is 0 Å². The summed E-state index contributed by atoms with van der Waals surface area (Å²) in [7, 11) is 0. The number of anilines is 1. The van der Waals surface area contributed by atoms with Crippen molar-refractivity contribution in [3.63, 3.8) is 0 Å². The molecule has 1 heterocycles. The van der Waals surface area contributed by atoms with Crippen LogP contribution in [0, 0.1) is 0 Å². The number of thiazole rings is 1. The van der Waals surface area contributed by atoms with E-state index in [9.17, 15) is 9.59 Å². The number of nitrogens with one attached hydrogen (secondary N) is 1. The van der Waals surface area contributed by atoms with Crippen LogP contribution in [0.4, 0.5) is 5.13 Å². The summed E-state index contributed by atoms with van der Waals surface area (Å²) in [5.74, 6) is 0.352. The number of hydrogen-bond acceptors (Lipinski definition) is 5. The number of carboxylic acid groups (broad SMARTS) is 1. The van der Waals surface area contributed by atoms with Crippen molar-refractivity contribution in [2.45, 2.75) is 19.3 Å². The van der Waals surface area contributed by atoms with Crippen molar-refractivity contribution in [1.82, 2.24) is 4.98 Å². The van der Waals surface area contributed by atoms with E-state index in [1.54, 1.807) is 11.6 Å². The maximum atomic E-state index is 11.4. The van der Waals surface area contributed by atoms with Gasteiger partial charge in [0.1, 0.15) is 0 Å². The summed E-state index contributed by atoms with van der Waals surface area (Å²) in [5.41, 5.74) is 0. The number of aliphatic carboxylic acids is 1. The summed E-state index contributed by atoms with van der Waals surface area (Å²) < 4.78 is 0. The van der Waals surface area contributed by atoms with Crippen molar-refractivity contribution in [1.29, 1.82) is 0 Å². The Morgan fingerprint density at radius 1 is 1.47 bits per heavy atom. The van der Waals surface area contributed by atoms with Gasteiger partial charge in [-0.3, -0.25) is 9.59 Å². The summed E-state index contributed by atoms with van der Waals surface area (Å²) in [6.45, 7) is 0. The monoisotopic (exact) mass is 274 g/mol. The number of carbonyl (C=O) groups excluding carboxylic acids is 1. The molecule has 0 saturated carbocycles. The molecule has 0 bridgehead atoms. The summed E-state index contributed by atoms with van der Waals surface area (Å²) in [6, 6.07) is 0. The molecule has 1 amide bonds. The van der Waals surface area contributed by atoms with E-state index in [2.05, 4.69) is 10.3 Å². The molecule has 7 heteroatoms. The second-order valence-corrected chi connectivity index (χ2v) is 5.29. The Morgan fingerprint density at radius 2 is 2.29 bits per heavy atom. The molecule has 94 valence electrons. The smallest absolute Gasteiger partial charge is 0.303 e. The van der Waals surface area contributed by atoms with Crippen LogP contribution in [0.1, 0.15) is 19.3 Å². The van der Waals surface area contributed by atoms with Gasteiger partial charge in [-0.05, 0) is 18.6 Å². The van der Waals surface area contributed by atoms with Gasteiger partial charge >= 0.3 is 5.97 Å². The van der Waals surface area contributed by atoms with Crippen molar-refractivity contribution in [2.24, 2.45) is 0 Å². The van der Waals surface area contributed by atoms with Crippen LogP contribution >= 0.6 is 23.1 Å². The highest BCUT2D eigenvalue weighted by Crippen LogP contribution is 2.12. The van der Waals surface area contributed by atoms with Crippen LogP contribution in [0.25, 0.3) is 0 Å². The van der Waals surface area contributed by atoms with Gasteiger partial charge in [0.15, 0.2) is 5.13 Å². The molecule has 0 unspecified atom stereocenters. The molecule has 1 aromatic rings. The fourth-order valence-electron chi connectivity index (χ4n) is 1.09. The highest BCUT2D eigenvalue weighted by molar-refractivity contribution is 7.99. The molecule has 0 atom stereocenters. The lowest BCUT2D eigenvalue weighted by Gasteiger charge is -2.01. The molecule has 0 aliphatic rings. The molecule has 0 radical (unpaired) electrons. The number of rotatable bonds is 8. The lowest BCUT2D eigenvalue weighted by molar-refractivity contribution is -0.137. The highest BCUT2D eigenvalue weighted by atomic mass is 32.2. The summed E-state index contributed by atoms with van der Waals surface area (Å²) in [6.07, 6.45) is 3.32. The van der Waals surface area contributed by atoms with Gasteiger partial charge in [0, 0.05) is 18.0 Å². The van der Waals surface area contributed by atoms with E-state index in [0.29, 0.717) is 17.3 Å². The third-order valence-electron chi connectivity index (χ3n) is 1.84. The van der Waals surface area contributed by atoms with Gasteiger partial charge in [0.25, 0.3) is 0 Å². The Bertz CT molecular complexity index is 354. The molecule has 5 nitrogen and oxygen atoms in total. The SMILES string of the molecule is O=C(O)CCCCSCC(=O)Nc1nccs1. The molecule has 17 heavy (non-hydrogen) atoms. The molecule has 0 aromatic carbocycles. The number of hydrogen-bond donors (Lipinski definition) is 2. The van der Waals surface area contributed by atoms with Crippen LogP contribution in [0.2, 0.25) is 0 Å². The van der Waals surface area contributed by atoms with Gasteiger partial charge in [-0.1, -0.05) is 0 Å². The van der Waals surface area contributed by atoms with Crippen molar-refractivity contribution < 1.29 is 14.7 Å². The predicted molar refractivity (Wildman–Crippen MR) is 69.6 cm³/mol. The molecule has 0 fully saturated rings. The Morgan fingerprint density at radius 3 is 2.94 bits per heavy atom. The maximum absolute atomic E-state index is 11.4. The normalized spacial score (nSPS) is 10.1. The Balaban J connectivity index is 1.99. The minimum Gasteiger partial charge on any atom is -0.481 e. The number of nitrogens with zero attached hydrogens (tertiary/aromatic N) is 1. The van der Waals surface area contributed by atoms with Gasteiger partial charge in [-0.2, -0.15) is 11.8 Å². The predicted octanol–water partition coefficient (Wildman–Crippen LogP) is 2.07. The van der Waals surface area contributed by atoms with Gasteiger partial charge in [-0.15, -0.1) is 11.3 Å².